The third-order valence-electron chi connectivity index (χ3n) is 7.58. The number of hydrogen-bond donors (Lipinski definition) is 4. The normalized spacial score (nSPS) is 19.5. The number of ether oxygens (including phenoxy) is 1. The van der Waals surface area contributed by atoms with Crippen molar-refractivity contribution in [2.75, 3.05) is 19.8 Å². The summed E-state index contributed by atoms with van der Waals surface area (Å²) in [6, 6.07) is 9.34. The highest BCUT2D eigenvalue weighted by atomic mass is 19.1. The summed E-state index contributed by atoms with van der Waals surface area (Å²) in [6.07, 6.45) is 5.26. The Hall–Kier alpha value is -3.35. The molecule has 0 unspecified atom stereocenters. The summed E-state index contributed by atoms with van der Waals surface area (Å²) >= 11 is 0. The number of halogens is 1. The Labute approximate surface area is 237 Å². The lowest BCUT2D eigenvalue weighted by molar-refractivity contribution is -0.170. The van der Waals surface area contributed by atoms with Gasteiger partial charge < -0.3 is 29.7 Å². The molecule has 1 aromatic carbocycles. The number of benzene rings is 1. The fraction of sp³-hybridized carbons (Fsp3) is 0.586. The minimum absolute atomic E-state index is 0.176. The van der Waals surface area contributed by atoms with Crippen molar-refractivity contribution in [3.05, 3.63) is 53.2 Å². The van der Waals surface area contributed by atoms with Gasteiger partial charge in [-0.25, -0.2) is 9.18 Å². The number of carbonyl (C=O) groups is 3. The highest BCUT2D eigenvalue weighted by molar-refractivity contribution is 5.88. The molecule has 2 atom stereocenters. The van der Waals surface area contributed by atoms with E-state index in [1.54, 1.807) is 12.1 Å². The molecule has 11 nitrogen and oxygen atoms in total. The number of hydrogen-bond acceptors (Lipinski definition) is 8. The third kappa shape index (κ3) is 10.2. The van der Waals surface area contributed by atoms with Crippen LogP contribution < -0.4 is 0 Å². The maximum absolute atomic E-state index is 13.4. The van der Waals surface area contributed by atoms with Crippen molar-refractivity contribution in [3.63, 3.8) is 0 Å². The second-order valence-corrected chi connectivity index (χ2v) is 11.0. The van der Waals surface area contributed by atoms with Gasteiger partial charge in [-0.15, -0.1) is 0 Å². The van der Waals surface area contributed by atoms with Gasteiger partial charge in [0.2, 0.25) is 0 Å². The molecule has 1 saturated carbocycles. The van der Waals surface area contributed by atoms with E-state index in [0.717, 1.165) is 50.1 Å². The summed E-state index contributed by atoms with van der Waals surface area (Å²) in [6.45, 7) is 5.41. The summed E-state index contributed by atoms with van der Waals surface area (Å²) in [7, 11) is 0. The number of aliphatic hydroxyl groups is 1. The Balaban J connectivity index is 0.000000302. The molecule has 0 amide bonds. The lowest BCUT2D eigenvalue weighted by Crippen LogP contribution is -2.43. The zero-order chi connectivity index (χ0) is 30.0. The van der Waals surface area contributed by atoms with E-state index in [9.17, 15) is 18.8 Å². The van der Waals surface area contributed by atoms with E-state index < -0.39 is 36.4 Å². The van der Waals surface area contributed by atoms with Crippen molar-refractivity contribution in [2.24, 2.45) is 11.8 Å². The van der Waals surface area contributed by atoms with Crippen molar-refractivity contribution in [1.82, 2.24) is 10.1 Å². The largest absolute Gasteiger partial charge is 0.481 e. The van der Waals surface area contributed by atoms with Crippen molar-refractivity contribution >= 4 is 17.9 Å². The fourth-order valence-electron chi connectivity index (χ4n) is 5.51. The van der Waals surface area contributed by atoms with Gasteiger partial charge in [-0.1, -0.05) is 36.6 Å². The molecule has 0 bridgehead atoms. The predicted molar refractivity (Wildman–Crippen MR) is 144 cm³/mol. The van der Waals surface area contributed by atoms with Gasteiger partial charge in [0.1, 0.15) is 11.6 Å². The summed E-state index contributed by atoms with van der Waals surface area (Å²) in [5.41, 5.74) is -0.647. The molecule has 4 rings (SSSR count). The van der Waals surface area contributed by atoms with Gasteiger partial charge in [0, 0.05) is 37.5 Å². The Morgan fingerprint density at radius 2 is 1.66 bits per heavy atom. The smallest absolute Gasteiger partial charge is 0.336 e. The highest BCUT2D eigenvalue weighted by Gasteiger charge is 2.41. The van der Waals surface area contributed by atoms with Gasteiger partial charge in [-0.3, -0.25) is 14.5 Å². The molecule has 226 valence electrons. The van der Waals surface area contributed by atoms with Crippen molar-refractivity contribution in [1.29, 1.82) is 0 Å². The fourth-order valence-corrected chi connectivity index (χ4v) is 5.51. The Kier molecular flexibility index (Phi) is 11.8. The zero-order valence-corrected chi connectivity index (χ0v) is 23.2. The first-order chi connectivity index (χ1) is 19.4. The minimum Gasteiger partial charge on any atom is -0.481 e. The molecule has 12 heteroatoms. The molecular formula is C29H39FN2O9. The summed E-state index contributed by atoms with van der Waals surface area (Å²) in [4.78, 5) is 33.1. The first-order valence-corrected chi connectivity index (χ1v) is 13.8. The number of aromatic nitrogens is 1. The Morgan fingerprint density at radius 3 is 2.20 bits per heavy atom. The van der Waals surface area contributed by atoms with Crippen molar-refractivity contribution in [3.8, 4) is 0 Å². The van der Waals surface area contributed by atoms with Crippen LogP contribution in [0.1, 0.15) is 62.0 Å². The number of rotatable bonds is 12. The predicted octanol–water partition coefficient (Wildman–Crippen LogP) is 3.51. The van der Waals surface area contributed by atoms with Crippen LogP contribution in [0.5, 0.6) is 0 Å². The first-order valence-electron chi connectivity index (χ1n) is 13.8. The van der Waals surface area contributed by atoms with Gasteiger partial charge >= 0.3 is 17.9 Å². The molecule has 1 saturated heterocycles. The molecule has 2 aromatic rings. The molecule has 1 aliphatic heterocycles. The molecule has 2 aliphatic rings. The van der Waals surface area contributed by atoms with Gasteiger partial charge in [-0.2, -0.15) is 0 Å². The number of aliphatic carboxylic acids is 3. The maximum Gasteiger partial charge on any atom is 0.336 e. The van der Waals surface area contributed by atoms with Gasteiger partial charge in [0.25, 0.3) is 0 Å². The molecule has 2 fully saturated rings. The van der Waals surface area contributed by atoms with Crippen LogP contribution >= 0.6 is 0 Å². The van der Waals surface area contributed by atoms with E-state index >= 15 is 0 Å². The van der Waals surface area contributed by atoms with Gasteiger partial charge in [0.05, 0.1) is 31.7 Å². The standard InChI is InChI=1S/C23H31FN2O2.C6H8O7/c1-17-11-22(28-25-17)12-20-15-27-16-23(20)26(13-18-5-3-2-4-6-18)14-19-7-9-21(24)10-8-19;7-3(8)1-6(13,5(11)12)2-4(9)10/h7-11,18,20,23H,2-6,12-16H2,1H3;13H,1-2H2,(H,7,8)(H,9,10)(H,11,12)/t20-,23-;/m1./s1. The van der Waals surface area contributed by atoms with Gasteiger partial charge in [-0.05, 0) is 43.4 Å². The molecule has 4 N–H and O–H groups in total. The van der Waals surface area contributed by atoms with E-state index in [4.69, 9.17) is 29.7 Å². The van der Waals surface area contributed by atoms with E-state index in [-0.39, 0.29) is 5.82 Å². The second-order valence-electron chi connectivity index (χ2n) is 11.0. The molecule has 41 heavy (non-hydrogen) atoms. The molecule has 0 radical (unpaired) electrons. The molecule has 1 aliphatic carbocycles. The van der Waals surface area contributed by atoms with E-state index in [0.29, 0.717) is 12.0 Å². The van der Waals surface area contributed by atoms with Crippen molar-refractivity contribution in [2.45, 2.75) is 76.5 Å². The van der Waals surface area contributed by atoms with Crippen LogP contribution in [0.2, 0.25) is 0 Å². The number of aryl methyl sites for hydroxylation is 1. The van der Waals surface area contributed by atoms with Crippen LogP contribution in [0.25, 0.3) is 0 Å². The summed E-state index contributed by atoms with van der Waals surface area (Å²) in [5, 5.41) is 37.8. The lowest BCUT2D eigenvalue weighted by atomic mass is 9.87. The number of carboxylic acid groups (broad SMARTS) is 3. The summed E-state index contributed by atoms with van der Waals surface area (Å²) in [5.74, 6) is -3.10. The topological polar surface area (TPSA) is 171 Å². The molecule has 1 aromatic heterocycles. The maximum atomic E-state index is 13.4. The highest BCUT2D eigenvalue weighted by Crippen LogP contribution is 2.30. The van der Waals surface area contributed by atoms with Crippen LogP contribution in [0, 0.1) is 24.6 Å². The van der Waals surface area contributed by atoms with Crippen molar-refractivity contribution < 1.29 is 48.5 Å². The zero-order valence-electron chi connectivity index (χ0n) is 23.2. The van der Waals surface area contributed by atoms with E-state index in [2.05, 4.69) is 10.1 Å². The number of nitrogens with zero attached hydrogens (tertiary/aromatic N) is 2. The van der Waals surface area contributed by atoms with E-state index in [1.807, 2.05) is 25.1 Å². The second kappa shape index (κ2) is 15.0. The summed E-state index contributed by atoms with van der Waals surface area (Å²) < 4.78 is 24.7. The molecule has 2 heterocycles. The Bertz CT molecular complexity index is 1130. The molecular weight excluding hydrogens is 539 g/mol. The molecule has 0 spiro atoms. The average Bonchev–Trinajstić information content (AvgIpc) is 3.53. The minimum atomic E-state index is -2.74. The van der Waals surface area contributed by atoms with Crippen LogP contribution in [-0.2, 0) is 32.1 Å². The van der Waals surface area contributed by atoms with Crippen LogP contribution in [0.15, 0.2) is 34.9 Å². The van der Waals surface area contributed by atoms with E-state index in [1.165, 1.54) is 37.7 Å². The van der Waals surface area contributed by atoms with Crippen LogP contribution in [-0.4, -0.2) is 79.8 Å². The van der Waals surface area contributed by atoms with Crippen LogP contribution in [0.3, 0.4) is 0 Å². The average molecular weight is 579 g/mol. The Morgan fingerprint density at radius 1 is 1.02 bits per heavy atom. The van der Waals surface area contributed by atoms with Gasteiger partial charge in [0.15, 0.2) is 5.60 Å². The monoisotopic (exact) mass is 578 g/mol. The number of carboxylic acids is 3. The quantitative estimate of drug-likeness (QED) is 0.290. The SMILES string of the molecule is Cc1cc(C[C@@H]2COC[C@H]2N(Cc2ccc(F)cc2)CC2CCCCC2)on1.O=C(O)CC(O)(CC(=O)O)C(=O)O. The third-order valence-corrected chi connectivity index (χ3v) is 7.58. The first kappa shape index (κ1) is 32.2. The van der Waals surface area contributed by atoms with Crippen LogP contribution in [0.4, 0.5) is 4.39 Å². The lowest BCUT2D eigenvalue weighted by Gasteiger charge is -2.35.